The minimum Gasteiger partial charge on any atom is -0.322 e. The van der Waals surface area contributed by atoms with E-state index in [-0.39, 0.29) is 16.6 Å². The fourth-order valence-corrected chi connectivity index (χ4v) is 5.09. The monoisotopic (exact) mass is 408 g/mol. The lowest BCUT2D eigenvalue weighted by Gasteiger charge is -2.33. The Kier molecular flexibility index (Phi) is 6.41. The molecule has 5 nitrogen and oxygen atoms in total. The fraction of sp³-hybridized carbons (Fsp3) is 0.350. The van der Waals surface area contributed by atoms with E-state index < -0.39 is 34.1 Å². The molecule has 0 aliphatic heterocycles. The van der Waals surface area contributed by atoms with Crippen LogP contribution in [0.1, 0.15) is 32.1 Å². The van der Waals surface area contributed by atoms with Crippen LogP contribution in [-0.2, 0) is 14.8 Å². The van der Waals surface area contributed by atoms with Gasteiger partial charge in [0.2, 0.25) is 15.9 Å². The molecular formula is C20H22F2N2O3S. The SMILES string of the molecule is O=C(CN(C1CCCCC1)S(=O)(=O)c1ccccc1)Nc1cc(F)ccc1F. The summed E-state index contributed by atoms with van der Waals surface area (Å²) in [7, 11) is -3.90. The maximum Gasteiger partial charge on any atom is 0.243 e. The summed E-state index contributed by atoms with van der Waals surface area (Å²) in [5.41, 5.74) is -0.314. The Morgan fingerprint density at radius 2 is 1.71 bits per heavy atom. The summed E-state index contributed by atoms with van der Waals surface area (Å²) in [5, 5.41) is 2.28. The Labute approximate surface area is 163 Å². The van der Waals surface area contributed by atoms with Gasteiger partial charge < -0.3 is 5.32 Å². The molecule has 1 aliphatic rings. The lowest BCUT2D eigenvalue weighted by Crippen LogP contribution is -2.45. The van der Waals surface area contributed by atoms with Crippen molar-refractivity contribution in [2.45, 2.75) is 43.0 Å². The van der Waals surface area contributed by atoms with Crippen LogP contribution in [-0.4, -0.2) is 31.2 Å². The quantitative estimate of drug-likeness (QED) is 0.788. The molecule has 2 aromatic rings. The minimum atomic E-state index is -3.90. The average molecular weight is 408 g/mol. The van der Waals surface area contributed by atoms with Crippen molar-refractivity contribution < 1.29 is 22.0 Å². The molecule has 150 valence electrons. The van der Waals surface area contributed by atoms with Gasteiger partial charge in [-0.25, -0.2) is 17.2 Å². The van der Waals surface area contributed by atoms with Crippen LogP contribution in [0.2, 0.25) is 0 Å². The van der Waals surface area contributed by atoms with E-state index >= 15 is 0 Å². The number of anilines is 1. The molecule has 3 rings (SSSR count). The summed E-state index contributed by atoms with van der Waals surface area (Å²) in [4.78, 5) is 12.6. The first-order valence-corrected chi connectivity index (χ1v) is 10.6. The van der Waals surface area contributed by atoms with Crippen LogP contribution in [0.4, 0.5) is 14.5 Å². The highest BCUT2D eigenvalue weighted by atomic mass is 32.2. The highest BCUT2D eigenvalue weighted by Gasteiger charge is 2.34. The Morgan fingerprint density at radius 3 is 2.39 bits per heavy atom. The number of amides is 1. The number of nitrogens with zero attached hydrogens (tertiary/aromatic N) is 1. The Morgan fingerprint density at radius 1 is 1.04 bits per heavy atom. The second-order valence-electron chi connectivity index (χ2n) is 6.83. The van der Waals surface area contributed by atoms with Crippen molar-refractivity contribution in [3.63, 3.8) is 0 Å². The summed E-state index contributed by atoms with van der Waals surface area (Å²) in [6.45, 7) is -0.460. The Bertz CT molecular complexity index is 930. The zero-order chi connectivity index (χ0) is 20.1. The number of halogens is 2. The molecule has 1 aliphatic carbocycles. The van der Waals surface area contributed by atoms with Gasteiger partial charge in [-0.2, -0.15) is 4.31 Å². The van der Waals surface area contributed by atoms with Gasteiger partial charge in [-0.05, 0) is 37.1 Å². The minimum absolute atomic E-state index is 0.102. The van der Waals surface area contributed by atoms with Crippen LogP contribution in [0, 0.1) is 11.6 Å². The van der Waals surface area contributed by atoms with Crippen LogP contribution >= 0.6 is 0 Å². The van der Waals surface area contributed by atoms with E-state index in [0.717, 1.165) is 37.5 Å². The third kappa shape index (κ3) is 4.74. The lowest BCUT2D eigenvalue weighted by atomic mass is 9.95. The fourth-order valence-electron chi connectivity index (χ4n) is 3.43. The summed E-state index contributed by atoms with van der Waals surface area (Å²) in [6.07, 6.45) is 4.11. The first kappa shape index (κ1) is 20.4. The van der Waals surface area contributed by atoms with Crippen LogP contribution < -0.4 is 5.32 Å². The second-order valence-corrected chi connectivity index (χ2v) is 8.72. The maximum absolute atomic E-state index is 13.8. The van der Waals surface area contributed by atoms with Crippen LogP contribution in [0.5, 0.6) is 0 Å². The molecule has 0 bridgehead atoms. The van der Waals surface area contributed by atoms with Crippen molar-refractivity contribution in [1.82, 2.24) is 4.31 Å². The third-order valence-electron chi connectivity index (χ3n) is 4.83. The number of sulfonamides is 1. The number of hydrogen-bond acceptors (Lipinski definition) is 3. The topological polar surface area (TPSA) is 66.5 Å². The van der Waals surface area contributed by atoms with E-state index in [1.54, 1.807) is 18.2 Å². The van der Waals surface area contributed by atoms with Crippen LogP contribution in [0.3, 0.4) is 0 Å². The molecule has 8 heteroatoms. The standard InChI is InChI=1S/C20H22F2N2O3S/c21-15-11-12-18(22)19(13-15)23-20(25)14-24(16-7-3-1-4-8-16)28(26,27)17-9-5-2-6-10-17/h2,5-6,9-13,16H,1,3-4,7-8,14H2,(H,23,25). The van der Waals surface area contributed by atoms with E-state index in [9.17, 15) is 22.0 Å². The van der Waals surface area contributed by atoms with E-state index in [1.807, 2.05) is 0 Å². The van der Waals surface area contributed by atoms with Crippen molar-refractivity contribution >= 4 is 21.6 Å². The van der Waals surface area contributed by atoms with Gasteiger partial charge in [-0.3, -0.25) is 4.79 Å². The summed E-state index contributed by atoms with van der Waals surface area (Å²) < 4.78 is 54.6. The molecule has 1 saturated carbocycles. The van der Waals surface area contributed by atoms with E-state index in [2.05, 4.69) is 5.32 Å². The predicted octanol–water partition coefficient (Wildman–Crippen LogP) is 3.93. The Balaban J connectivity index is 1.85. The molecule has 1 N–H and O–H groups in total. The molecule has 1 fully saturated rings. The van der Waals surface area contributed by atoms with Gasteiger partial charge in [0.15, 0.2) is 0 Å². The maximum atomic E-state index is 13.8. The molecule has 1 amide bonds. The summed E-state index contributed by atoms with van der Waals surface area (Å²) >= 11 is 0. The molecule has 2 aromatic carbocycles. The number of hydrogen-bond donors (Lipinski definition) is 1. The van der Waals surface area contributed by atoms with Crippen molar-refractivity contribution in [2.75, 3.05) is 11.9 Å². The van der Waals surface area contributed by atoms with Gasteiger partial charge in [0.1, 0.15) is 11.6 Å². The first-order chi connectivity index (χ1) is 13.4. The number of nitrogens with one attached hydrogen (secondary N) is 1. The van der Waals surface area contributed by atoms with Crippen molar-refractivity contribution in [1.29, 1.82) is 0 Å². The van der Waals surface area contributed by atoms with Gasteiger partial charge >= 0.3 is 0 Å². The van der Waals surface area contributed by atoms with Crippen molar-refractivity contribution in [3.05, 3.63) is 60.2 Å². The largest absolute Gasteiger partial charge is 0.322 e. The zero-order valence-electron chi connectivity index (χ0n) is 15.3. The van der Waals surface area contributed by atoms with Crippen LogP contribution in [0.25, 0.3) is 0 Å². The van der Waals surface area contributed by atoms with E-state index in [0.29, 0.717) is 12.8 Å². The molecule has 0 unspecified atom stereocenters. The normalized spacial score (nSPS) is 15.5. The summed E-state index contributed by atoms with van der Waals surface area (Å²) in [6, 6.07) is 10.3. The predicted molar refractivity (Wildman–Crippen MR) is 102 cm³/mol. The van der Waals surface area contributed by atoms with Crippen molar-refractivity contribution in [2.24, 2.45) is 0 Å². The molecule has 0 atom stereocenters. The highest BCUT2D eigenvalue weighted by molar-refractivity contribution is 7.89. The van der Waals surface area contributed by atoms with Crippen LogP contribution in [0.15, 0.2) is 53.4 Å². The first-order valence-electron chi connectivity index (χ1n) is 9.20. The number of carbonyl (C=O) groups is 1. The van der Waals surface area contributed by atoms with Gasteiger partial charge in [0, 0.05) is 12.1 Å². The van der Waals surface area contributed by atoms with E-state index in [4.69, 9.17) is 0 Å². The summed E-state index contributed by atoms with van der Waals surface area (Å²) in [5.74, 6) is -2.20. The smallest absolute Gasteiger partial charge is 0.243 e. The van der Waals surface area contributed by atoms with Crippen molar-refractivity contribution in [3.8, 4) is 0 Å². The average Bonchev–Trinajstić information content (AvgIpc) is 2.70. The molecule has 0 heterocycles. The van der Waals surface area contributed by atoms with E-state index in [1.165, 1.54) is 16.4 Å². The highest BCUT2D eigenvalue weighted by Crippen LogP contribution is 2.28. The molecule has 0 spiro atoms. The molecule has 28 heavy (non-hydrogen) atoms. The third-order valence-corrected chi connectivity index (χ3v) is 6.75. The molecule has 0 radical (unpaired) electrons. The molecule has 0 aromatic heterocycles. The number of benzene rings is 2. The Hall–Kier alpha value is -2.32. The molecular weight excluding hydrogens is 386 g/mol. The second kappa shape index (κ2) is 8.79. The van der Waals surface area contributed by atoms with Gasteiger partial charge in [-0.15, -0.1) is 0 Å². The number of carbonyl (C=O) groups excluding carboxylic acids is 1. The van der Waals surface area contributed by atoms with Gasteiger partial charge in [0.25, 0.3) is 0 Å². The molecule has 0 saturated heterocycles. The van der Waals surface area contributed by atoms with Gasteiger partial charge in [0.05, 0.1) is 17.1 Å². The lowest BCUT2D eigenvalue weighted by molar-refractivity contribution is -0.116. The zero-order valence-corrected chi connectivity index (χ0v) is 16.1. The van der Waals surface area contributed by atoms with Gasteiger partial charge in [-0.1, -0.05) is 37.5 Å². The number of rotatable bonds is 6.